The van der Waals surface area contributed by atoms with Crippen LogP contribution in [0.2, 0.25) is 0 Å². The minimum Gasteiger partial charge on any atom is -0.480 e. The number of hydrogen-bond acceptors (Lipinski definition) is 2. The lowest BCUT2D eigenvalue weighted by Crippen LogP contribution is -2.27. The summed E-state index contributed by atoms with van der Waals surface area (Å²) in [5.74, 6) is 0.723. The Morgan fingerprint density at radius 2 is 1.77 bits per heavy atom. The van der Waals surface area contributed by atoms with E-state index < -0.39 is 5.97 Å². The van der Waals surface area contributed by atoms with Gasteiger partial charge in [0.05, 0.1) is 6.54 Å². The van der Waals surface area contributed by atoms with E-state index in [1.807, 2.05) is 0 Å². The van der Waals surface area contributed by atoms with Crippen LogP contribution in [0.15, 0.2) is 0 Å². The third-order valence-electron chi connectivity index (χ3n) is 3.06. The fourth-order valence-corrected chi connectivity index (χ4v) is 2.28. The molecule has 0 aromatic heterocycles. The molecular weight excluding hydrogens is 166 g/mol. The molecule has 2 atom stereocenters. The Morgan fingerprint density at radius 3 is 2.08 bits per heavy atom. The van der Waals surface area contributed by atoms with Crippen molar-refractivity contribution in [2.45, 2.75) is 26.7 Å². The van der Waals surface area contributed by atoms with E-state index in [0.29, 0.717) is 11.8 Å². The van der Waals surface area contributed by atoms with Crippen molar-refractivity contribution in [3.05, 3.63) is 0 Å². The largest absolute Gasteiger partial charge is 0.480 e. The van der Waals surface area contributed by atoms with Crippen molar-refractivity contribution in [2.75, 3.05) is 19.6 Å². The second-order valence-electron chi connectivity index (χ2n) is 3.92. The number of hydrogen-bond donors (Lipinski definition) is 1. The number of carboxylic acid groups (broad SMARTS) is 1. The lowest BCUT2D eigenvalue weighted by atomic mass is 9.92. The molecule has 0 radical (unpaired) electrons. The molecule has 2 unspecified atom stereocenters. The fraction of sp³-hybridized carbons (Fsp3) is 0.900. The summed E-state index contributed by atoms with van der Waals surface area (Å²) in [4.78, 5) is 12.6. The second-order valence-corrected chi connectivity index (χ2v) is 3.92. The van der Waals surface area contributed by atoms with Gasteiger partial charge in [0.15, 0.2) is 0 Å². The van der Waals surface area contributed by atoms with Gasteiger partial charge in [0, 0.05) is 13.1 Å². The van der Waals surface area contributed by atoms with Crippen LogP contribution in [0.5, 0.6) is 0 Å². The van der Waals surface area contributed by atoms with Crippen molar-refractivity contribution >= 4 is 5.97 Å². The molecule has 0 aliphatic carbocycles. The molecule has 3 nitrogen and oxygen atoms in total. The van der Waals surface area contributed by atoms with E-state index in [4.69, 9.17) is 5.11 Å². The highest BCUT2D eigenvalue weighted by Crippen LogP contribution is 2.27. The number of rotatable bonds is 4. The summed E-state index contributed by atoms with van der Waals surface area (Å²) in [7, 11) is 0. The summed E-state index contributed by atoms with van der Waals surface area (Å²) in [5, 5.41) is 8.65. The van der Waals surface area contributed by atoms with Crippen LogP contribution in [0.3, 0.4) is 0 Å². The number of carboxylic acids is 1. The lowest BCUT2D eigenvalue weighted by molar-refractivity contribution is -0.138. The van der Waals surface area contributed by atoms with E-state index in [1.54, 1.807) is 0 Å². The third-order valence-corrected chi connectivity index (χ3v) is 3.06. The van der Waals surface area contributed by atoms with Crippen LogP contribution in [-0.2, 0) is 4.79 Å². The number of carbonyl (C=O) groups is 1. The van der Waals surface area contributed by atoms with Crippen LogP contribution in [0, 0.1) is 11.8 Å². The highest BCUT2D eigenvalue weighted by molar-refractivity contribution is 5.69. The number of aliphatic carboxylic acids is 1. The van der Waals surface area contributed by atoms with Crippen LogP contribution < -0.4 is 0 Å². The molecule has 0 saturated carbocycles. The maximum atomic E-state index is 10.5. The smallest absolute Gasteiger partial charge is 0.317 e. The molecule has 0 aromatic carbocycles. The summed E-state index contributed by atoms with van der Waals surface area (Å²) in [6.45, 7) is 6.55. The number of likely N-dealkylation sites (tertiary alicyclic amines) is 1. The van der Waals surface area contributed by atoms with Crippen molar-refractivity contribution in [3.8, 4) is 0 Å². The molecule has 3 heteroatoms. The molecule has 76 valence electrons. The highest BCUT2D eigenvalue weighted by Gasteiger charge is 2.30. The predicted molar refractivity (Wildman–Crippen MR) is 51.6 cm³/mol. The van der Waals surface area contributed by atoms with Gasteiger partial charge in [-0.05, 0) is 11.8 Å². The lowest BCUT2D eigenvalue weighted by Gasteiger charge is -2.12. The Kier molecular flexibility index (Phi) is 3.72. The van der Waals surface area contributed by atoms with Gasteiger partial charge in [-0.2, -0.15) is 0 Å². The normalized spacial score (nSPS) is 29.4. The van der Waals surface area contributed by atoms with Crippen molar-refractivity contribution in [3.63, 3.8) is 0 Å². The van der Waals surface area contributed by atoms with Gasteiger partial charge in [0.25, 0.3) is 0 Å². The van der Waals surface area contributed by atoms with E-state index in [0.717, 1.165) is 13.1 Å². The van der Waals surface area contributed by atoms with Gasteiger partial charge in [-0.25, -0.2) is 0 Å². The molecule has 1 rings (SSSR count). The molecule has 13 heavy (non-hydrogen) atoms. The third kappa shape index (κ3) is 2.69. The van der Waals surface area contributed by atoms with Crippen LogP contribution in [0.25, 0.3) is 0 Å². The molecule has 0 aromatic rings. The second kappa shape index (κ2) is 4.61. The van der Waals surface area contributed by atoms with Gasteiger partial charge < -0.3 is 5.11 Å². The van der Waals surface area contributed by atoms with Crippen LogP contribution >= 0.6 is 0 Å². The van der Waals surface area contributed by atoms with Gasteiger partial charge in [-0.3, -0.25) is 9.69 Å². The van der Waals surface area contributed by atoms with E-state index in [-0.39, 0.29) is 6.54 Å². The van der Waals surface area contributed by atoms with Gasteiger partial charge in [0.1, 0.15) is 0 Å². The maximum Gasteiger partial charge on any atom is 0.317 e. The first-order valence-corrected chi connectivity index (χ1v) is 5.11. The monoisotopic (exact) mass is 185 g/mol. The summed E-state index contributed by atoms with van der Waals surface area (Å²) in [6, 6.07) is 0. The average molecular weight is 185 g/mol. The zero-order valence-corrected chi connectivity index (χ0v) is 8.49. The molecule has 0 amide bonds. The SMILES string of the molecule is CCC1CN(CC(=O)O)CC1CC. The fourth-order valence-electron chi connectivity index (χ4n) is 2.28. The highest BCUT2D eigenvalue weighted by atomic mass is 16.4. The summed E-state index contributed by atoms with van der Waals surface area (Å²) in [6.07, 6.45) is 2.35. The van der Waals surface area contributed by atoms with Crippen molar-refractivity contribution in [1.29, 1.82) is 0 Å². The molecule has 1 aliphatic heterocycles. The van der Waals surface area contributed by atoms with Crippen LogP contribution in [0.4, 0.5) is 0 Å². The Bertz CT molecular complexity index is 170. The molecule has 1 N–H and O–H groups in total. The molecule has 1 fully saturated rings. The Morgan fingerprint density at radius 1 is 1.31 bits per heavy atom. The molecular formula is C10H19NO2. The summed E-state index contributed by atoms with van der Waals surface area (Å²) in [5.41, 5.74) is 0. The maximum absolute atomic E-state index is 10.5. The summed E-state index contributed by atoms with van der Waals surface area (Å²) >= 11 is 0. The van der Waals surface area contributed by atoms with Crippen molar-refractivity contribution in [1.82, 2.24) is 4.90 Å². The van der Waals surface area contributed by atoms with Gasteiger partial charge in [-0.15, -0.1) is 0 Å². The quantitative estimate of drug-likeness (QED) is 0.720. The first-order valence-electron chi connectivity index (χ1n) is 5.11. The molecule has 1 heterocycles. The molecule has 1 saturated heterocycles. The average Bonchev–Trinajstić information content (AvgIpc) is 2.45. The van der Waals surface area contributed by atoms with Gasteiger partial charge in [0.2, 0.25) is 0 Å². The standard InChI is InChI=1S/C10H19NO2/c1-3-8-5-11(7-10(12)13)6-9(8)4-2/h8-9H,3-7H2,1-2H3,(H,12,13). The first-order chi connectivity index (χ1) is 6.17. The topological polar surface area (TPSA) is 40.5 Å². The molecule has 1 aliphatic rings. The Balaban J connectivity index is 2.43. The molecule has 0 spiro atoms. The zero-order chi connectivity index (χ0) is 9.84. The van der Waals surface area contributed by atoms with E-state index >= 15 is 0 Å². The first kappa shape index (κ1) is 10.5. The minimum atomic E-state index is -0.702. The molecule has 0 bridgehead atoms. The van der Waals surface area contributed by atoms with Crippen LogP contribution in [-0.4, -0.2) is 35.6 Å². The van der Waals surface area contributed by atoms with Crippen LogP contribution in [0.1, 0.15) is 26.7 Å². The van der Waals surface area contributed by atoms with E-state index in [2.05, 4.69) is 18.7 Å². The van der Waals surface area contributed by atoms with Gasteiger partial charge in [-0.1, -0.05) is 26.7 Å². The van der Waals surface area contributed by atoms with Gasteiger partial charge >= 0.3 is 5.97 Å². The Hall–Kier alpha value is -0.570. The minimum absolute atomic E-state index is 0.215. The van der Waals surface area contributed by atoms with Crippen molar-refractivity contribution < 1.29 is 9.90 Å². The Labute approximate surface area is 79.7 Å². The predicted octanol–water partition coefficient (Wildman–Crippen LogP) is 1.44. The van der Waals surface area contributed by atoms with E-state index in [9.17, 15) is 4.79 Å². The summed E-state index contributed by atoms with van der Waals surface area (Å²) < 4.78 is 0. The zero-order valence-electron chi connectivity index (χ0n) is 8.49. The van der Waals surface area contributed by atoms with E-state index in [1.165, 1.54) is 12.8 Å². The van der Waals surface area contributed by atoms with Crippen molar-refractivity contribution in [2.24, 2.45) is 11.8 Å². The number of nitrogens with zero attached hydrogens (tertiary/aromatic N) is 1.